The highest BCUT2D eigenvalue weighted by Gasteiger charge is 2.25. The second-order valence-electron chi connectivity index (χ2n) is 4.17. The SMILES string of the molecule is CCCCC#CC1(C)CCCC1. The molecule has 0 radical (unpaired) electrons. The average molecular weight is 164 g/mol. The molecule has 0 amide bonds. The molecule has 1 saturated carbocycles. The van der Waals surface area contributed by atoms with Crippen LogP contribution in [0.1, 0.15) is 58.8 Å². The van der Waals surface area contributed by atoms with Gasteiger partial charge in [-0.05, 0) is 26.2 Å². The molecule has 12 heavy (non-hydrogen) atoms. The van der Waals surface area contributed by atoms with Gasteiger partial charge >= 0.3 is 0 Å². The lowest BCUT2D eigenvalue weighted by molar-refractivity contribution is 0.468. The van der Waals surface area contributed by atoms with Crippen LogP contribution in [0.3, 0.4) is 0 Å². The smallest absolute Gasteiger partial charge is 0.0286 e. The summed E-state index contributed by atoms with van der Waals surface area (Å²) in [6.45, 7) is 4.54. The number of rotatable bonds is 2. The van der Waals surface area contributed by atoms with Crippen LogP contribution in [0.15, 0.2) is 0 Å². The minimum absolute atomic E-state index is 0.383. The maximum absolute atomic E-state index is 3.44. The predicted octanol–water partition coefficient (Wildman–Crippen LogP) is 3.76. The Kier molecular flexibility index (Phi) is 3.66. The van der Waals surface area contributed by atoms with Gasteiger partial charge in [0.2, 0.25) is 0 Å². The van der Waals surface area contributed by atoms with Gasteiger partial charge in [0.25, 0.3) is 0 Å². The van der Waals surface area contributed by atoms with E-state index in [0.717, 1.165) is 6.42 Å². The molecule has 0 saturated heterocycles. The second-order valence-corrected chi connectivity index (χ2v) is 4.17. The van der Waals surface area contributed by atoms with E-state index in [-0.39, 0.29) is 0 Å². The van der Waals surface area contributed by atoms with Crippen LogP contribution in [-0.4, -0.2) is 0 Å². The van der Waals surface area contributed by atoms with Gasteiger partial charge in [0.15, 0.2) is 0 Å². The lowest BCUT2D eigenvalue weighted by Gasteiger charge is -2.13. The molecule has 0 unspecified atom stereocenters. The Hall–Kier alpha value is -0.440. The zero-order valence-corrected chi connectivity index (χ0v) is 8.45. The van der Waals surface area contributed by atoms with E-state index in [9.17, 15) is 0 Å². The van der Waals surface area contributed by atoms with Crippen molar-refractivity contribution in [2.75, 3.05) is 0 Å². The summed E-state index contributed by atoms with van der Waals surface area (Å²) in [5, 5.41) is 0. The van der Waals surface area contributed by atoms with Crippen molar-refractivity contribution < 1.29 is 0 Å². The molecule has 0 heterocycles. The van der Waals surface area contributed by atoms with Crippen molar-refractivity contribution in [1.82, 2.24) is 0 Å². The van der Waals surface area contributed by atoms with E-state index in [4.69, 9.17) is 0 Å². The Morgan fingerprint density at radius 2 is 1.92 bits per heavy atom. The molecule has 0 bridgehead atoms. The van der Waals surface area contributed by atoms with Crippen molar-refractivity contribution in [1.29, 1.82) is 0 Å². The standard InChI is InChI=1S/C12H20/c1-3-4-5-6-9-12(2)10-7-8-11-12/h3-5,7-8,10-11H2,1-2H3. The summed E-state index contributed by atoms with van der Waals surface area (Å²) in [4.78, 5) is 0. The average Bonchev–Trinajstić information content (AvgIpc) is 2.47. The van der Waals surface area contributed by atoms with Gasteiger partial charge in [-0.3, -0.25) is 0 Å². The molecule has 0 aromatic rings. The van der Waals surface area contributed by atoms with Crippen LogP contribution in [0.2, 0.25) is 0 Å². The molecule has 0 aromatic heterocycles. The molecule has 1 aliphatic rings. The molecule has 0 atom stereocenters. The first kappa shape index (κ1) is 9.65. The minimum atomic E-state index is 0.383. The Morgan fingerprint density at radius 3 is 2.50 bits per heavy atom. The number of unbranched alkanes of at least 4 members (excludes halogenated alkanes) is 2. The molecule has 1 fully saturated rings. The van der Waals surface area contributed by atoms with Crippen molar-refractivity contribution in [2.45, 2.75) is 58.8 Å². The van der Waals surface area contributed by atoms with E-state index in [1.165, 1.54) is 38.5 Å². The maximum atomic E-state index is 3.44. The zero-order chi connectivity index (χ0) is 8.86. The maximum Gasteiger partial charge on any atom is 0.0286 e. The highest BCUT2D eigenvalue weighted by Crippen LogP contribution is 2.36. The van der Waals surface area contributed by atoms with Gasteiger partial charge in [-0.15, -0.1) is 5.92 Å². The van der Waals surface area contributed by atoms with E-state index < -0.39 is 0 Å². The zero-order valence-electron chi connectivity index (χ0n) is 8.45. The van der Waals surface area contributed by atoms with Crippen LogP contribution in [0.4, 0.5) is 0 Å². The summed E-state index contributed by atoms with van der Waals surface area (Å²) in [5.74, 6) is 6.76. The Labute approximate surface area is 76.7 Å². The van der Waals surface area contributed by atoms with Crippen LogP contribution in [0.25, 0.3) is 0 Å². The van der Waals surface area contributed by atoms with Crippen molar-refractivity contribution >= 4 is 0 Å². The minimum Gasteiger partial charge on any atom is -0.103 e. The molecule has 0 heteroatoms. The summed E-state index contributed by atoms with van der Waals surface area (Å²) < 4.78 is 0. The van der Waals surface area contributed by atoms with Crippen LogP contribution >= 0.6 is 0 Å². The Bertz CT molecular complexity index is 174. The fraction of sp³-hybridized carbons (Fsp3) is 0.833. The van der Waals surface area contributed by atoms with Crippen LogP contribution in [-0.2, 0) is 0 Å². The molecule has 0 nitrogen and oxygen atoms in total. The van der Waals surface area contributed by atoms with Crippen LogP contribution in [0.5, 0.6) is 0 Å². The van der Waals surface area contributed by atoms with E-state index in [1.54, 1.807) is 0 Å². The fourth-order valence-electron chi connectivity index (χ4n) is 1.82. The summed E-state index contributed by atoms with van der Waals surface area (Å²) in [6, 6.07) is 0. The van der Waals surface area contributed by atoms with Gasteiger partial charge in [0, 0.05) is 11.8 Å². The van der Waals surface area contributed by atoms with Gasteiger partial charge in [-0.1, -0.05) is 32.1 Å². The third-order valence-corrected chi connectivity index (χ3v) is 2.75. The number of hydrogen-bond donors (Lipinski definition) is 0. The van der Waals surface area contributed by atoms with Gasteiger partial charge in [-0.2, -0.15) is 0 Å². The molecule has 1 aliphatic carbocycles. The highest BCUT2D eigenvalue weighted by molar-refractivity contribution is 5.11. The first-order valence-electron chi connectivity index (χ1n) is 5.27. The molecule has 1 rings (SSSR count). The van der Waals surface area contributed by atoms with E-state index in [1.807, 2.05) is 0 Å². The lowest BCUT2D eigenvalue weighted by atomic mass is 9.90. The van der Waals surface area contributed by atoms with Crippen molar-refractivity contribution in [3.8, 4) is 11.8 Å². The third-order valence-electron chi connectivity index (χ3n) is 2.75. The number of hydrogen-bond acceptors (Lipinski definition) is 0. The van der Waals surface area contributed by atoms with Crippen molar-refractivity contribution in [3.63, 3.8) is 0 Å². The third kappa shape index (κ3) is 2.89. The topological polar surface area (TPSA) is 0 Å². The van der Waals surface area contributed by atoms with Crippen molar-refractivity contribution in [3.05, 3.63) is 0 Å². The molecule has 0 spiro atoms. The van der Waals surface area contributed by atoms with Gasteiger partial charge in [0.1, 0.15) is 0 Å². The summed E-state index contributed by atoms with van der Waals surface area (Å²) in [6.07, 6.45) is 9.07. The quantitative estimate of drug-likeness (QED) is 0.430. The van der Waals surface area contributed by atoms with Gasteiger partial charge in [-0.25, -0.2) is 0 Å². The van der Waals surface area contributed by atoms with Gasteiger partial charge in [0.05, 0.1) is 0 Å². The first-order chi connectivity index (χ1) is 5.77. The van der Waals surface area contributed by atoms with E-state index in [0.29, 0.717) is 5.41 Å². The first-order valence-corrected chi connectivity index (χ1v) is 5.27. The van der Waals surface area contributed by atoms with Gasteiger partial charge < -0.3 is 0 Å². The largest absolute Gasteiger partial charge is 0.103 e. The van der Waals surface area contributed by atoms with Crippen molar-refractivity contribution in [2.24, 2.45) is 5.41 Å². The fourth-order valence-corrected chi connectivity index (χ4v) is 1.82. The monoisotopic (exact) mass is 164 g/mol. The molecule has 0 aromatic carbocycles. The summed E-state index contributed by atoms with van der Waals surface area (Å²) >= 11 is 0. The predicted molar refractivity (Wildman–Crippen MR) is 53.9 cm³/mol. The highest BCUT2D eigenvalue weighted by atomic mass is 14.3. The molecule has 0 aliphatic heterocycles. The Balaban J connectivity index is 2.30. The summed E-state index contributed by atoms with van der Waals surface area (Å²) in [7, 11) is 0. The van der Waals surface area contributed by atoms with E-state index in [2.05, 4.69) is 25.7 Å². The normalized spacial score (nSPS) is 20.2. The van der Waals surface area contributed by atoms with Crippen LogP contribution in [0, 0.1) is 17.3 Å². The molecular weight excluding hydrogens is 144 g/mol. The second kappa shape index (κ2) is 4.55. The molecular formula is C12H20. The molecule has 0 N–H and O–H groups in total. The lowest BCUT2D eigenvalue weighted by Crippen LogP contribution is -2.06. The Morgan fingerprint density at radius 1 is 1.25 bits per heavy atom. The molecule has 68 valence electrons. The summed E-state index contributed by atoms with van der Waals surface area (Å²) in [5.41, 5.74) is 0.383. The van der Waals surface area contributed by atoms with Crippen LogP contribution < -0.4 is 0 Å². The van der Waals surface area contributed by atoms with E-state index >= 15 is 0 Å².